The van der Waals surface area contributed by atoms with Gasteiger partial charge in [-0.2, -0.15) is 0 Å². The minimum Gasteiger partial charge on any atom is -0.384 e. The Balaban J connectivity index is 1.85. The largest absolute Gasteiger partial charge is 0.384 e. The number of hydrogen-bond acceptors (Lipinski definition) is 4. The van der Waals surface area contributed by atoms with Crippen LogP contribution in [0, 0.1) is 0 Å². The minimum absolute atomic E-state index is 0.553. The van der Waals surface area contributed by atoms with Crippen molar-refractivity contribution in [3.05, 3.63) is 54.0 Å². The smallest absolute Gasteiger partial charge is 0.123 e. The second-order valence-electron chi connectivity index (χ2n) is 3.48. The monoisotopic (exact) mass is 214 g/mol. The number of anilines is 1. The summed E-state index contributed by atoms with van der Waals surface area (Å²) in [5.41, 5.74) is 7.55. The van der Waals surface area contributed by atoms with Crippen molar-refractivity contribution < 1.29 is 0 Å². The molecule has 3 N–H and O–H groups in total. The van der Waals surface area contributed by atoms with Crippen LogP contribution >= 0.6 is 0 Å². The molecular weight excluding hydrogens is 200 g/mol. The number of hydrogen-bond donors (Lipinski definition) is 2. The average molecular weight is 214 g/mol. The standard InChI is InChI=1S/C12H14N4/c13-12-6-3-5-11(16-12)9-14-8-10-4-1-2-7-15-10/h1-7,14H,8-9H2,(H2,13,16). The fourth-order valence-electron chi connectivity index (χ4n) is 1.42. The lowest BCUT2D eigenvalue weighted by molar-refractivity contribution is 0.668. The molecule has 2 aromatic rings. The van der Waals surface area contributed by atoms with Crippen LogP contribution in [0.2, 0.25) is 0 Å². The summed E-state index contributed by atoms with van der Waals surface area (Å²) in [6, 6.07) is 11.5. The molecule has 0 amide bonds. The lowest BCUT2D eigenvalue weighted by atomic mass is 10.3. The summed E-state index contributed by atoms with van der Waals surface area (Å²) in [5, 5.41) is 3.26. The van der Waals surface area contributed by atoms with E-state index in [4.69, 9.17) is 5.73 Å². The molecule has 0 aliphatic rings. The Morgan fingerprint density at radius 1 is 1.00 bits per heavy atom. The van der Waals surface area contributed by atoms with E-state index in [-0.39, 0.29) is 0 Å². The van der Waals surface area contributed by atoms with Gasteiger partial charge in [-0.15, -0.1) is 0 Å². The first-order chi connectivity index (χ1) is 7.84. The molecule has 0 atom stereocenters. The maximum Gasteiger partial charge on any atom is 0.123 e. The van der Waals surface area contributed by atoms with Gasteiger partial charge in [-0.1, -0.05) is 12.1 Å². The van der Waals surface area contributed by atoms with Crippen molar-refractivity contribution in [3.8, 4) is 0 Å². The fraction of sp³-hybridized carbons (Fsp3) is 0.167. The Kier molecular flexibility index (Phi) is 3.46. The van der Waals surface area contributed by atoms with Crippen LogP contribution in [0.4, 0.5) is 5.82 Å². The van der Waals surface area contributed by atoms with E-state index in [0.717, 1.165) is 17.9 Å². The molecule has 2 rings (SSSR count). The summed E-state index contributed by atoms with van der Waals surface area (Å²) < 4.78 is 0. The Morgan fingerprint density at radius 2 is 1.81 bits per heavy atom. The first-order valence-corrected chi connectivity index (χ1v) is 5.16. The second kappa shape index (κ2) is 5.23. The molecule has 16 heavy (non-hydrogen) atoms. The van der Waals surface area contributed by atoms with Crippen LogP contribution in [0.15, 0.2) is 42.6 Å². The van der Waals surface area contributed by atoms with Gasteiger partial charge in [0, 0.05) is 19.3 Å². The van der Waals surface area contributed by atoms with E-state index < -0.39 is 0 Å². The van der Waals surface area contributed by atoms with E-state index in [1.54, 1.807) is 12.3 Å². The molecule has 0 fully saturated rings. The summed E-state index contributed by atoms with van der Waals surface area (Å²) in [4.78, 5) is 8.42. The third kappa shape index (κ3) is 3.03. The Morgan fingerprint density at radius 3 is 2.56 bits per heavy atom. The average Bonchev–Trinajstić information content (AvgIpc) is 2.30. The predicted octanol–water partition coefficient (Wildman–Crippen LogP) is 1.35. The Hall–Kier alpha value is -1.94. The van der Waals surface area contributed by atoms with Gasteiger partial charge in [-0.05, 0) is 24.3 Å². The molecule has 0 spiro atoms. The maximum absolute atomic E-state index is 5.59. The first kappa shape index (κ1) is 10.6. The zero-order valence-electron chi connectivity index (χ0n) is 8.93. The molecule has 2 heterocycles. The number of pyridine rings is 2. The maximum atomic E-state index is 5.59. The molecule has 4 heteroatoms. The highest BCUT2D eigenvalue weighted by Gasteiger charge is 1.96. The van der Waals surface area contributed by atoms with Gasteiger partial charge < -0.3 is 11.1 Å². The van der Waals surface area contributed by atoms with E-state index in [1.807, 2.05) is 30.3 Å². The third-order valence-corrected chi connectivity index (χ3v) is 2.17. The van der Waals surface area contributed by atoms with Crippen molar-refractivity contribution in [2.45, 2.75) is 13.1 Å². The molecule has 0 aliphatic carbocycles. The molecule has 0 bridgehead atoms. The summed E-state index contributed by atoms with van der Waals surface area (Å²) in [7, 11) is 0. The SMILES string of the molecule is Nc1cccc(CNCc2ccccn2)n1. The van der Waals surface area contributed by atoms with E-state index >= 15 is 0 Å². The van der Waals surface area contributed by atoms with Crippen LogP contribution in [0.25, 0.3) is 0 Å². The highest BCUT2D eigenvalue weighted by atomic mass is 14.9. The summed E-state index contributed by atoms with van der Waals surface area (Å²) >= 11 is 0. The molecule has 4 nitrogen and oxygen atoms in total. The Labute approximate surface area is 94.5 Å². The van der Waals surface area contributed by atoms with Crippen LogP contribution in [0.5, 0.6) is 0 Å². The molecular formula is C12H14N4. The van der Waals surface area contributed by atoms with Crippen molar-refractivity contribution in [1.29, 1.82) is 0 Å². The van der Waals surface area contributed by atoms with E-state index in [9.17, 15) is 0 Å². The number of aromatic nitrogens is 2. The quantitative estimate of drug-likeness (QED) is 0.806. The zero-order valence-corrected chi connectivity index (χ0v) is 8.93. The molecule has 0 saturated carbocycles. The van der Waals surface area contributed by atoms with Crippen molar-refractivity contribution in [2.24, 2.45) is 0 Å². The van der Waals surface area contributed by atoms with Gasteiger partial charge in [0.25, 0.3) is 0 Å². The Bertz CT molecular complexity index is 442. The number of nitrogen functional groups attached to an aromatic ring is 1. The van der Waals surface area contributed by atoms with Gasteiger partial charge in [0.05, 0.1) is 11.4 Å². The van der Waals surface area contributed by atoms with Crippen molar-refractivity contribution in [1.82, 2.24) is 15.3 Å². The summed E-state index contributed by atoms with van der Waals surface area (Å²) in [6.07, 6.45) is 1.79. The third-order valence-electron chi connectivity index (χ3n) is 2.17. The van der Waals surface area contributed by atoms with Crippen LogP contribution in [-0.2, 0) is 13.1 Å². The first-order valence-electron chi connectivity index (χ1n) is 5.16. The highest BCUT2D eigenvalue weighted by Crippen LogP contribution is 2.00. The number of nitrogens with zero attached hydrogens (tertiary/aromatic N) is 2. The van der Waals surface area contributed by atoms with Gasteiger partial charge in [0.15, 0.2) is 0 Å². The predicted molar refractivity (Wildman–Crippen MR) is 63.4 cm³/mol. The number of nitrogens with two attached hydrogens (primary N) is 1. The minimum atomic E-state index is 0.553. The van der Waals surface area contributed by atoms with Gasteiger partial charge in [-0.3, -0.25) is 4.98 Å². The van der Waals surface area contributed by atoms with E-state index in [1.165, 1.54) is 0 Å². The zero-order chi connectivity index (χ0) is 11.2. The van der Waals surface area contributed by atoms with Crippen LogP contribution < -0.4 is 11.1 Å². The topological polar surface area (TPSA) is 63.8 Å². The molecule has 0 saturated heterocycles. The lowest BCUT2D eigenvalue weighted by Gasteiger charge is -2.04. The van der Waals surface area contributed by atoms with Gasteiger partial charge in [0.1, 0.15) is 5.82 Å². The van der Waals surface area contributed by atoms with Gasteiger partial charge in [-0.25, -0.2) is 4.98 Å². The second-order valence-corrected chi connectivity index (χ2v) is 3.48. The molecule has 0 unspecified atom stereocenters. The molecule has 0 aliphatic heterocycles. The van der Waals surface area contributed by atoms with Gasteiger partial charge in [0.2, 0.25) is 0 Å². The van der Waals surface area contributed by atoms with Crippen molar-refractivity contribution in [3.63, 3.8) is 0 Å². The number of nitrogens with one attached hydrogen (secondary N) is 1. The normalized spacial score (nSPS) is 10.2. The van der Waals surface area contributed by atoms with E-state index in [0.29, 0.717) is 12.4 Å². The molecule has 82 valence electrons. The number of rotatable bonds is 4. The highest BCUT2D eigenvalue weighted by molar-refractivity contribution is 5.28. The lowest BCUT2D eigenvalue weighted by Crippen LogP contribution is -2.14. The van der Waals surface area contributed by atoms with Crippen molar-refractivity contribution >= 4 is 5.82 Å². The molecule has 0 radical (unpaired) electrons. The fourth-order valence-corrected chi connectivity index (χ4v) is 1.42. The van der Waals surface area contributed by atoms with Crippen LogP contribution in [0.3, 0.4) is 0 Å². The molecule has 2 aromatic heterocycles. The van der Waals surface area contributed by atoms with Crippen LogP contribution in [-0.4, -0.2) is 9.97 Å². The van der Waals surface area contributed by atoms with Crippen molar-refractivity contribution in [2.75, 3.05) is 5.73 Å². The molecule has 0 aromatic carbocycles. The van der Waals surface area contributed by atoms with Gasteiger partial charge >= 0.3 is 0 Å². The van der Waals surface area contributed by atoms with E-state index in [2.05, 4.69) is 15.3 Å². The summed E-state index contributed by atoms with van der Waals surface area (Å²) in [6.45, 7) is 1.43. The van der Waals surface area contributed by atoms with Crippen LogP contribution in [0.1, 0.15) is 11.4 Å². The summed E-state index contributed by atoms with van der Waals surface area (Å²) in [5.74, 6) is 0.553.